The second kappa shape index (κ2) is 7.70. The summed E-state index contributed by atoms with van der Waals surface area (Å²) in [6.07, 6.45) is 6.63. The molecule has 0 spiro atoms. The summed E-state index contributed by atoms with van der Waals surface area (Å²) in [5.41, 5.74) is 0.686. The number of pyridine rings is 1. The van der Waals surface area contributed by atoms with Crippen LogP contribution in [0.5, 0.6) is 5.88 Å². The first kappa shape index (κ1) is 16.8. The second-order valence-electron chi connectivity index (χ2n) is 7.39. The van der Waals surface area contributed by atoms with Gasteiger partial charge in [0, 0.05) is 38.4 Å². The van der Waals surface area contributed by atoms with Gasteiger partial charge in [0.15, 0.2) is 0 Å². The standard InChI is InChI=1S/C19H27N3O3/c23-18-12-14-3-8-22(16-5-9-24-10-6-16)13-15(14)4-11-25-19-17(21-18)2-1-7-20-19/h1-2,7,14-16H,3-6,8-13H2,(H,21,23)/t14-,15-/m0/s1. The molecular formula is C19H27N3O3. The van der Waals surface area contributed by atoms with E-state index in [9.17, 15) is 4.79 Å². The lowest BCUT2D eigenvalue weighted by molar-refractivity contribution is -0.118. The van der Waals surface area contributed by atoms with Crippen LogP contribution in [0.25, 0.3) is 0 Å². The Hall–Kier alpha value is -1.66. The number of likely N-dealkylation sites (tertiary alicyclic amines) is 1. The highest BCUT2D eigenvalue weighted by Crippen LogP contribution is 2.33. The summed E-state index contributed by atoms with van der Waals surface area (Å²) < 4.78 is 11.4. The molecule has 2 saturated heterocycles. The first-order valence-electron chi connectivity index (χ1n) is 9.49. The van der Waals surface area contributed by atoms with E-state index in [1.54, 1.807) is 6.20 Å². The number of aromatic nitrogens is 1. The zero-order valence-corrected chi connectivity index (χ0v) is 14.7. The normalized spacial score (nSPS) is 29.0. The highest BCUT2D eigenvalue weighted by atomic mass is 16.5. The number of fused-ring (bicyclic) bond motifs is 2. The molecule has 2 atom stereocenters. The molecule has 2 fully saturated rings. The molecule has 0 unspecified atom stereocenters. The molecule has 1 amide bonds. The van der Waals surface area contributed by atoms with Crippen LogP contribution in [-0.4, -0.2) is 54.7 Å². The lowest BCUT2D eigenvalue weighted by Gasteiger charge is -2.43. The number of ether oxygens (including phenoxy) is 2. The van der Waals surface area contributed by atoms with Crippen molar-refractivity contribution in [1.29, 1.82) is 0 Å². The number of amides is 1. The smallest absolute Gasteiger partial charge is 0.237 e. The van der Waals surface area contributed by atoms with Crippen molar-refractivity contribution < 1.29 is 14.3 Å². The fourth-order valence-electron chi connectivity index (χ4n) is 4.43. The average molecular weight is 345 g/mol. The zero-order valence-electron chi connectivity index (χ0n) is 14.7. The Balaban J connectivity index is 1.45. The van der Waals surface area contributed by atoms with Gasteiger partial charge in [-0.2, -0.15) is 0 Å². The van der Waals surface area contributed by atoms with E-state index < -0.39 is 0 Å². The Morgan fingerprint density at radius 2 is 2.00 bits per heavy atom. The monoisotopic (exact) mass is 345 g/mol. The van der Waals surface area contributed by atoms with Gasteiger partial charge in [-0.05, 0) is 56.2 Å². The molecule has 3 aliphatic rings. The number of carbonyl (C=O) groups is 1. The van der Waals surface area contributed by atoms with Gasteiger partial charge < -0.3 is 14.8 Å². The molecule has 0 saturated carbocycles. The van der Waals surface area contributed by atoms with Crippen LogP contribution in [0.3, 0.4) is 0 Å². The highest BCUT2D eigenvalue weighted by Gasteiger charge is 2.34. The molecule has 1 N–H and O–H groups in total. The second-order valence-corrected chi connectivity index (χ2v) is 7.39. The number of hydrogen-bond donors (Lipinski definition) is 1. The Labute approximate surface area is 148 Å². The summed E-state index contributed by atoms with van der Waals surface area (Å²) in [5, 5.41) is 2.98. The van der Waals surface area contributed by atoms with E-state index >= 15 is 0 Å². The van der Waals surface area contributed by atoms with Gasteiger partial charge in [0.2, 0.25) is 11.8 Å². The van der Waals surface area contributed by atoms with Crippen LogP contribution < -0.4 is 10.1 Å². The molecule has 4 heterocycles. The maximum Gasteiger partial charge on any atom is 0.237 e. The van der Waals surface area contributed by atoms with Crippen LogP contribution in [0, 0.1) is 11.8 Å². The number of rotatable bonds is 1. The van der Waals surface area contributed by atoms with Crippen molar-refractivity contribution in [3.63, 3.8) is 0 Å². The quantitative estimate of drug-likeness (QED) is 0.846. The van der Waals surface area contributed by atoms with Crippen molar-refractivity contribution in [2.45, 2.75) is 38.1 Å². The van der Waals surface area contributed by atoms with E-state index in [0.29, 0.717) is 42.5 Å². The molecule has 6 heteroatoms. The fourth-order valence-corrected chi connectivity index (χ4v) is 4.43. The third-order valence-corrected chi connectivity index (χ3v) is 5.85. The minimum Gasteiger partial charge on any atom is -0.476 e. The summed E-state index contributed by atoms with van der Waals surface area (Å²) in [6, 6.07) is 4.32. The minimum atomic E-state index is 0.0780. The number of anilines is 1. The molecule has 0 radical (unpaired) electrons. The topological polar surface area (TPSA) is 63.7 Å². The van der Waals surface area contributed by atoms with E-state index in [1.165, 1.54) is 0 Å². The van der Waals surface area contributed by atoms with Gasteiger partial charge in [0.05, 0.1) is 6.61 Å². The maximum atomic E-state index is 12.5. The van der Waals surface area contributed by atoms with Crippen LogP contribution in [0.4, 0.5) is 5.69 Å². The Bertz CT molecular complexity index is 603. The summed E-state index contributed by atoms with van der Waals surface area (Å²) in [7, 11) is 0. The summed E-state index contributed by atoms with van der Waals surface area (Å²) in [6.45, 7) is 4.58. The molecule has 4 rings (SSSR count). The Kier molecular flexibility index (Phi) is 5.17. The number of nitrogens with one attached hydrogen (secondary N) is 1. The van der Waals surface area contributed by atoms with Gasteiger partial charge in [0.1, 0.15) is 5.69 Å². The van der Waals surface area contributed by atoms with E-state index in [1.807, 2.05) is 12.1 Å². The van der Waals surface area contributed by atoms with E-state index in [4.69, 9.17) is 9.47 Å². The van der Waals surface area contributed by atoms with Crippen LogP contribution in [0.15, 0.2) is 18.3 Å². The molecular weight excluding hydrogens is 318 g/mol. The molecule has 0 bridgehead atoms. The molecule has 0 aliphatic carbocycles. The largest absolute Gasteiger partial charge is 0.476 e. The number of carbonyl (C=O) groups excluding carboxylic acids is 1. The average Bonchev–Trinajstić information content (AvgIpc) is 2.65. The molecule has 1 aromatic heterocycles. The molecule has 0 aromatic carbocycles. The predicted octanol–water partition coefficient (Wildman–Crippen LogP) is 2.31. The molecule has 3 aliphatic heterocycles. The van der Waals surface area contributed by atoms with Gasteiger partial charge >= 0.3 is 0 Å². The highest BCUT2D eigenvalue weighted by molar-refractivity contribution is 5.92. The predicted molar refractivity (Wildman–Crippen MR) is 94.6 cm³/mol. The first-order chi connectivity index (χ1) is 12.3. The lowest BCUT2D eigenvalue weighted by atomic mass is 9.80. The summed E-state index contributed by atoms with van der Waals surface area (Å²) >= 11 is 0. The summed E-state index contributed by atoms with van der Waals surface area (Å²) in [5.74, 6) is 1.56. The molecule has 6 nitrogen and oxygen atoms in total. The maximum absolute atomic E-state index is 12.5. The molecule has 136 valence electrons. The Morgan fingerprint density at radius 1 is 1.12 bits per heavy atom. The molecule has 25 heavy (non-hydrogen) atoms. The van der Waals surface area contributed by atoms with E-state index in [-0.39, 0.29) is 5.91 Å². The van der Waals surface area contributed by atoms with Crippen LogP contribution >= 0.6 is 0 Å². The van der Waals surface area contributed by atoms with Crippen LogP contribution in [0.2, 0.25) is 0 Å². The number of piperidine rings is 1. The van der Waals surface area contributed by atoms with Crippen molar-refractivity contribution >= 4 is 11.6 Å². The van der Waals surface area contributed by atoms with Crippen molar-refractivity contribution in [1.82, 2.24) is 9.88 Å². The van der Waals surface area contributed by atoms with Crippen molar-refractivity contribution in [2.75, 3.05) is 38.2 Å². The minimum absolute atomic E-state index is 0.0780. The number of hydrogen-bond acceptors (Lipinski definition) is 5. The van der Waals surface area contributed by atoms with Crippen LogP contribution in [0.1, 0.15) is 32.1 Å². The van der Waals surface area contributed by atoms with Gasteiger partial charge in [-0.25, -0.2) is 4.98 Å². The van der Waals surface area contributed by atoms with Crippen LogP contribution in [-0.2, 0) is 9.53 Å². The summed E-state index contributed by atoms with van der Waals surface area (Å²) in [4.78, 5) is 19.4. The third-order valence-electron chi connectivity index (χ3n) is 5.85. The Morgan fingerprint density at radius 3 is 2.88 bits per heavy atom. The zero-order chi connectivity index (χ0) is 17.1. The van der Waals surface area contributed by atoms with Gasteiger partial charge in [-0.1, -0.05) is 0 Å². The van der Waals surface area contributed by atoms with E-state index in [0.717, 1.165) is 52.0 Å². The van der Waals surface area contributed by atoms with Crippen molar-refractivity contribution in [2.24, 2.45) is 11.8 Å². The van der Waals surface area contributed by atoms with Gasteiger partial charge in [-0.3, -0.25) is 9.69 Å². The van der Waals surface area contributed by atoms with Gasteiger partial charge in [0.25, 0.3) is 0 Å². The third kappa shape index (κ3) is 3.96. The SMILES string of the molecule is O=C1C[C@@H]2CCN(C3CCOCC3)C[C@@H]2CCOc2ncccc2N1. The van der Waals surface area contributed by atoms with Crippen molar-refractivity contribution in [3.8, 4) is 5.88 Å². The fraction of sp³-hybridized carbons (Fsp3) is 0.684. The van der Waals surface area contributed by atoms with E-state index in [2.05, 4.69) is 15.2 Å². The number of nitrogens with zero attached hydrogens (tertiary/aromatic N) is 2. The van der Waals surface area contributed by atoms with Gasteiger partial charge in [-0.15, -0.1) is 0 Å². The molecule has 1 aromatic rings. The lowest BCUT2D eigenvalue weighted by Crippen LogP contribution is -2.48. The first-order valence-corrected chi connectivity index (χ1v) is 9.49. The van der Waals surface area contributed by atoms with Crippen molar-refractivity contribution in [3.05, 3.63) is 18.3 Å².